The number of benzene rings is 2. The van der Waals surface area contributed by atoms with E-state index in [9.17, 15) is 0 Å². The monoisotopic (exact) mass is 320 g/mol. The molecule has 3 aliphatic rings. The summed E-state index contributed by atoms with van der Waals surface area (Å²) in [7, 11) is 8.86. The molecule has 0 saturated carbocycles. The van der Waals surface area contributed by atoms with Gasteiger partial charge in [0.15, 0.2) is 0 Å². The Labute approximate surface area is 146 Å². The Morgan fingerprint density at radius 1 is 0.583 bits per heavy atom. The maximum atomic E-state index is 2.37. The topological polar surface area (TPSA) is 6.48 Å². The first kappa shape index (κ1) is 15.9. The van der Waals surface area contributed by atoms with Gasteiger partial charge in [0.05, 0.1) is 0 Å². The fourth-order valence-electron chi connectivity index (χ4n) is 5.23. The highest BCUT2D eigenvalue weighted by molar-refractivity contribution is 5.56. The first-order chi connectivity index (χ1) is 11.6. The van der Waals surface area contributed by atoms with Gasteiger partial charge in [0.25, 0.3) is 0 Å². The minimum atomic E-state index is 0.537. The van der Waals surface area contributed by atoms with Crippen molar-refractivity contribution in [2.45, 2.75) is 11.8 Å². The van der Waals surface area contributed by atoms with Gasteiger partial charge in [-0.1, -0.05) is 48.5 Å². The third-order valence-electron chi connectivity index (χ3n) is 5.89. The Hall–Kier alpha value is -1.64. The molecule has 0 saturated heterocycles. The number of fused-ring (bicyclic) bond motifs is 1. The molecule has 0 unspecified atom stereocenters. The molecule has 5 rings (SSSR count). The van der Waals surface area contributed by atoms with Crippen LogP contribution in [0.3, 0.4) is 0 Å². The maximum absolute atomic E-state index is 2.37. The van der Waals surface area contributed by atoms with Crippen molar-refractivity contribution >= 4 is 0 Å². The zero-order valence-electron chi connectivity index (χ0n) is 15.2. The molecular formula is C22H28N2. The molecule has 0 aromatic heterocycles. The second-order valence-electron chi connectivity index (χ2n) is 8.07. The van der Waals surface area contributed by atoms with Crippen molar-refractivity contribution in [1.82, 2.24) is 9.80 Å². The van der Waals surface area contributed by atoms with Crippen molar-refractivity contribution in [3.63, 3.8) is 0 Å². The molecule has 2 heteroatoms. The number of rotatable bonds is 4. The summed E-state index contributed by atoms with van der Waals surface area (Å²) in [5, 5.41) is 0. The molecule has 2 aromatic carbocycles. The van der Waals surface area contributed by atoms with Gasteiger partial charge in [-0.05, 0) is 62.3 Å². The average molecular weight is 320 g/mol. The molecule has 3 aliphatic carbocycles. The lowest BCUT2D eigenvalue weighted by Gasteiger charge is -2.52. The van der Waals surface area contributed by atoms with Crippen molar-refractivity contribution < 1.29 is 0 Å². The van der Waals surface area contributed by atoms with E-state index in [2.05, 4.69) is 86.5 Å². The van der Waals surface area contributed by atoms with Gasteiger partial charge in [-0.25, -0.2) is 0 Å². The van der Waals surface area contributed by atoms with Crippen LogP contribution in [-0.4, -0.2) is 51.1 Å². The van der Waals surface area contributed by atoms with E-state index < -0.39 is 0 Å². The minimum absolute atomic E-state index is 0.537. The molecule has 2 atom stereocenters. The van der Waals surface area contributed by atoms with E-state index in [0.29, 0.717) is 23.7 Å². The molecule has 0 heterocycles. The average Bonchev–Trinajstić information content (AvgIpc) is 2.55. The summed E-state index contributed by atoms with van der Waals surface area (Å²) in [6.45, 7) is 2.31. The van der Waals surface area contributed by atoms with E-state index in [4.69, 9.17) is 0 Å². The highest BCUT2D eigenvalue weighted by Gasteiger charge is 2.49. The predicted octanol–water partition coefficient (Wildman–Crippen LogP) is 3.63. The summed E-state index contributed by atoms with van der Waals surface area (Å²) < 4.78 is 0. The SMILES string of the molecule is CN(C)C[C@H]1C2c3ccccc3C(c3ccccc32)[C@@H]1CN(C)C. The lowest BCUT2D eigenvalue weighted by atomic mass is 9.54. The van der Waals surface area contributed by atoms with Gasteiger partial charge in [0, 0.05) is 24.9 Å². The van der Waals surface area contributed by atoms with Crippen molar-refractivity contribution in [3.8, 4) is 0 Å². The van der Waals surface area contributed by atoms with Crippen LogP contribution >= 0.6 is 0 Å². The summed E-state index contributed by atoms with van der Waals surface area (Å²) in [6, 6.07) is 18.4. The van der Waals surface area contributed by atoms with Crippen LogP contribution in [0.5, 0.6) is 0 Å². The van der Waals surface area contributed by atoms with E-state index in [1.807, 2.05) is 0 Å². The van der Waals surface area contributed by atoms with Gasteiger partial charge >= 0.3 is 0 Å². The molecule has 24 heavy (non-hydrogen) atoms. The molecule has 0 amide bonds. The molecule has 0 fully saturated rings. The van der Waals surface area contributed by atoms with E-state index in [1.165, 1.54) is 0 Å². The van der Waals surface area contributed by atoms with E-state index in [0.717, 1.165) is 13.1 Å². The fourth-order valence-corrected chi connectivity index (χ4v) is 5.23. The van der Waals surface area contributed by atoms with Crippen LogP contribution in [0.1, 0.15) is 34.1 Å². The summed E-state index contributed by atoms with van der Waals surface area (Å²) in [5.41, 5.74) is 6.29. The van der Waals surface area contributed by atoms with E-state index in [1.54, 1.807) is 22.3 Å². The Balaban J connectivity index is 1.91. The summed E-state index contributed by atoms with van der Waals surface area (Å²) in [5.74, 6) is 2.43. The molecule has 0 spiro atoms. The summed E-state index contributed by atoms with van der Waals surface area (Å²) in [4.78, 5) is 4.75. The number of hydrogen-bond donors (Lipinski definition) is 0. The molecular weight excluding hydrogens is 292 g/mol. The maximum Gasteiger partial charge on any atom is 0.0139 e. The minimum Gasteiger partial charge on any atom is -0.309 e. The van der Waals surface area contributed by atoms with Gasteiger partial charge in [-0.15, -0.1) is 0 Å². The second kappa shape index (κ2) is 6.02. The standard InChI is InChI=1S/C22H28N2/c1-23(2)13-19-20(14-24(3)4)22-17-11-7-5-9-15(17)21(19)16-10-6-8-12-18(16)22/h5-12,19-22H,13-14H2,1-4H3/t19-,20-,21?,22?/m1/s1. The predicted molar refractivity (Wildman–Crippen MR) is 101 cm³/mol. The quantitative estimate of drug-likeness (QED) is 0.849. The van der Waals surface area contributed by atoms with Crippen molar-refractivity contribution in [2.75, 3.05) is 41.3 Å². The molecule has 0 N–H and O–H groups in total. The Kier molecular flexibility index (Phi) is 3.98. The van der Waals surface area contributed by atoms with Crippen LogP contribution in [0.4, 0.5) is 0 Å². The largest absolute Gasteiger partial charge is 0.309 e. The highest BCUT2D eigenvalue weighted by atomic mass is 15.1. The smallest absolute Gasteiger partial charge is 0.0139 e. The second-order valence-corrected chi connectivity index (χ2v) is 8.07. The third-order valence-corrected chi connectivity index (χ3v) is 5.89. The fraction of sp³-hybridized carbons (Fsp3) is 0.455. The summed E-state index contributed by atoms with van der Waals surface area (Å²) in [6.07, 6.45) is 0. The van der Waals surface area contributed by atoms with E-state index >= 15 is 0 Å². The van der Waals surface area contributed by atoms with Gasteiger partial charge in [0.1, 0.15) is 0 Å². The van der Waals surface area contributed by atoms with Crippen LogP contribution in [0, 0.1) is 11.8 Å². The molecule has 2 bridgehead atoms. The highest BCUT2D eigenvalue weighted by Crippen LogP contribution is 2.58. The van der Waals surface area contributed by atoms with Crippen LogP contribution in [0.15, 0.2) is 48.5 Å². The van der Waals surface area contributed by atoms with Crippen molar-refractivity contribution in [2.24, 2.45) is 11.8 Å². The molecule has 0 aliphatic heterocycles. The summed E-state index contributed by atoms with van der Waals surface area (Å²) >= 11 is 0. The Bertz CT molecular complexity index is 625. The van der Waals surface area contributed by atoms with Crippen molar-refractivity contribution in [1.29, 1.82) is 0 Å². The van der Waals surface area contributed by atoms with Crippen LogP contribution < -0.4 is 0 Å². The van der Waals surface area contributed by atoms with Crippen LogP contribution in [0.2, 0.25) is 0 Å². The molecule has 126 valence electrons. The number of hydrogen-bond acceptors (Lipinski definition) is 2. The Morgan fingerprint density at radius 2 is 0.875 bits per heavy atom. The first-order valence-electron chi connectivity index (χ1n) is 9.05. The lowest BCUT2D eigenvalue weighted by molar-refractivity contribution is 0.146. The third kappa shape index (κ3) is 2.40. The van der Waals surface area contributed by atoms with E-state index in [-0.39, 0.29) is 0 Å². The first-order valence-corrected chi connectivity index (χ1v) is 9.05. The normalized spacial score (nSPS) is 27.4. The Morgan fingerprint density at radius 3 is 1.12 bits per heavy atom. The van der Waals surface area contributed by atoms with Crippen LogP contribution in [0.25, 0.3) is 0 Å². The molecule has 2 aromatic rings. The van der Waals surface area contributed by atoms with Gasteiger partial charge < -0.3 is 9.80 Å². The van der Waals surface area contributed by atoms with Crippen molar-refractivity contribution in [3.05, 3.63) is 70.8 Å². The molecule has 0 radical (unpaired) electrons. The van der Waals surface area contributed by atoms with Gasteiger partial charge in [-0.2, -0.15) is 0 Å². The van der Waals surface area contributed by atoms with Crippen LogP contribution in [-0.2, 0) is 0 Å². The van der Waals surface area contributed by atoms with Gasteiger partial charge in [0.2, 0.25) is 0 Å². The number of nitrogens with zero attached hydrogens (tertiary/aromatic N) is 2. The lowest BCUT2D eigenvalue weighted by Crippen LogP contribution is -2.47. The zero-order valence-corrected chi connectivity index (χ0v) is 15.2. The molecule has 2 nitrogen and oxygen atoms in total. The zero-order chi connectivity index (χ0) is 16.8. The van der Waals surface area contributed by atoms with Gasteiger partial charge in [-0.3, -0.25) is 0 Å².